The molecule has 154 valence electrons. The van der Waals surface area contributed by atoms with Crippen LogP contribution >= 0.6 is 11.8 Å². The Kier molecular flexibility index (Phi) is 5.99. The maximum atomic E-state index is 12.0. The Hall–Kier alpha value is -3.33. The maximum absolute atomic E-state index is 12.0. The van der Waals surface area contributed by atoms with Gasteiger partial charge >= 0.3 is 5.76 Å². The summed E-state index contributed by atoms with van der Waals surface area (Å²) in [7, 11) is 0. The normalized spacial score (nSPS) is 11.1. The maximum Gasteiger partial charge on any atom is 0.419 e. The highest BCUT2D eigenvalue weighted by Gasteiger charge is 2.10. The number of nitrogens with zero attached hydrogens (tertiary/aromatic N) is 4. The van der Waals surface area contributed by atoms with Crippen molar-refractivity contribution in [1.29, 1.82) is 0 Å². The minimum Gasteiger partial charge on any atom is -0.408 e. The highest BCUT2D eigenvalue weighted by Crippen LogP contribution is 2.20. The number of rotatable bonds is 8. The number of nitrogens with one attached hydrogen (secondary N) is 1. The van der Waals surface area contributed by atoms with E-state index in [-0.39, 0.29) is 11.7 Å². The van der Waals surface area contributed by atoms with Crippen LogP contribution in [0.1, 0.15) is 18.3 Å². The molecule has 30 heavy (non-hydrogen) atoms. The van der Waals surface area contributed by atoms with Crippen LogP contribution < -0.4 is 16.8 Å². The van der Waals surface area contributed by atoms with Crippen molar-refractivity contribution in [3.8, 4) is 0 Å². The Balaban J connectivity index is 1.40. The number of hydrogen-bond acceptors (Lipinski definition) is 8. The number of aromatic nitrogens is 4. The van der Waals surface area contributed by atoms with E-state index in [1.54, 1.807) is 22.4 Å². The highest BCUT2D eigenvalue weighted by molar-refractivity contribution is 7.98. The van der Waals surface area contributed by atoms with Crippen LogP contribution in [0.15, 0.2) is 57.7 Å². The molecule has 4 aromatic rings. The number of nitrogens with two attached hydrogens (primary N) is 1. The molecule has 0 spiro atoms. The van der Waals surface area contributed by atoms with Crippen molar-refractivity contribution in [3.63, 3.8) is 0 Å². The molecule has 0 saturated heterocycles. The molecule has 0 aliphatic rings. The molecule has 0 bridgehead atoms. The molecular formula is C21H22N6O2S. The van der Waals surface area contributed by atoms with E-state index >= 15 is 0 Å². The number of para-hydroxylation sites is 3. The minimum atomic E-state index is -0.345. The lowest BCUT2D eigenvalue weighted by molar-refractivity contribution is 0.514. The fraction of sp³-hybridized carbons (Fsp3) is 0.238. The average Bonchev–Trinajstić information content (AvgIpc) is 3.06. The lowest BCUT2D eigenvalue weighted by Gasteiger charge is -2.10. The summed E-state index contributed by atoms with van der Waals surface area (Å²) in [6, 6.07) is 15.4. The van der Waals surface area contributed by atoms with Crippen LogP contribution in [-0.2, 0) is 18.7 Å². The van der Waals surface area contributed by atoms with Gasteiger partial charge in [-0.15, -0.1) is 0 Å². The molecule has 0 atom stereocenters. The zero-order valence-electron chi connectivity index (χ0n) is 16.5. The Morgan fingerprint density at radius 2 is 1.90 bits per heavy atom. The average molecular weight is 423 g/mol. The molecule has 2 aromatic heterocycles. The van der Waals surface area contributed by atoms with Crippen LogP contribution in [0, 0.1) is 0 Å². The van der Waals surface area contributed by atoms with E-state index in [9.17, 15) is 4.79 Å². The van der Waals surface area contributed by atoms with Crippen LogP contribution in [0.4, 0.5) is 17.6 Å². The van der Waals surface area contributed by atoms with Gasteiger partial charge in [0.15, 0.2) is 5.58 Å². The second-order valence-electron chi connectivity index (χ2n) is 6.61. The van der Waals surface area contributed by atoms with Crippen molar-refractivity contribution in [1.82, 2.24) is 19.5 Å². The fourth-order valence-electron chi connectivity index (χ4n) is 3.17. The first-order chi connectivity index (χ1) is 14.6. The fourth-order valence-corrected chi connectivity index (χ4v) is 3.94. The number of thioether (sulfide) groups is 1. The summed E-state index contributed by atoms with van der Waals surface area (Å²) in [5, 5.41) is 3.24. The first-order valence-corrected chi connectivity index (χ1v) is 10.8. The van der Waals surface area contributed by atoms with Crippen LogP contribution in [-0.4, -0.2) is 25.3 Å². The molecule has 0 aliphatic carbocycles. The van der Waals surface area contributed by atoms with Crippen molar-refractivity contribution in [2.75, 3.05) is 16.8 Å². The van der Waals surface area contributed by atoms with Gasteiger partial charge in [-0.05, 0) is 30.2 Å². The van der Waals surface area contributed by atoms with Gasteiger partial charge in [0.05, 0.1) is 11.3 Å². The molecule has 4 rings (SSSR count). The molecule has 0 saturated carbocycles. The minimum absolute atomic E-state index is 0.175. The van der Waals surface area contributed by atoms with Gasteiger partial charge in [0.1, 0.15) is 5.82 Å². The predicted octanol–water partition coefficient (Wildman–Crippen LogP) is 3.60. The Labute approximate surface area is 177 Å². The number of fused-ring (bicyclic) bond motifs is 1. The SMILES string of the molecule is CCc1ccccc1Nc1nc(N)nc(CSCCn2c(=O)oc3ccccc32)n1. The molecule has 8 nitrogen and oxygen atoms in total. The van der Waals surface area contributed by atoms with Crippen molar-refractivity contribution < 1.29 is 4.42 Å². The van der Waals surface area contributed by atoms with Gasteiger partial charge in [-0.3, -0.25) is 4.57 Å². The van der Waals surface area contributed by atoms with Gasteiger partial charge in [-0.1, -0.05) is 37.3 Å². The number of hydrogen-bond donors (Lipinski definition) is 2. The smallest absolute Gasteiger partial charge is 0.408 e. The third-order valence-electron chi connectivity index (χ3n) is 4.61. The van der Waals surface area contributed by atoms with Crippen molar-refractivity contribution in [2.24, 2.45) is 0 Å². The summed E-state index contributed by atoms with van der Waals surface area (Å²) < 4.78 is 6.90. The molecule has 0 fully saturated rings. The first kappa shape index (κ1) is 20.0. The number of aryl methyl sites for hydroxylation is 2. The third-order valence-corrected chi connectivity index (χ3v) is 5.54. The molecule has 0 radical (unpaired) electrons. The van der Waals surface area contributed by atoms with Crippen LogP contribution in [0.3, 0.4) is 0 Å². The zero-order valence-corrected chi connectivity index (χ0v) is 17.4. The predicted molar refractivity (Wildman–Crippen MR) is 120 cm³/mol. The molecule has 3 N–H and O–H groups in total. The Morgan fingerprint density at radius 3 is 2.77 bits per heavy atom. The molecule has 0 unspecified atom stereocenters. The van der Waals surface area contributed by atoms with Gasteiger partial charge in [-0.25, -0.2) is 4.79 Å². The van der Waals surface area contributed by atoms with Crippen molar-refractivity contribution in [3.05, 3.63) is 70.5 Å². The van der Waals surface area contributed by atoms with E-state index in [0.717, 1.165) is 17.6 Å². The number of nitrogen functional groups attached to an aromatic ring is 1. The molecule has 9 heteroatoms. The molecule has 0 amide bonds. The highest BCUT2D eigenvalue weighted by atomic mass is 32.2. The van der Waals surface area contributed by atoms with Gasteiger partial charge in [0, 0.05) is 18.0 Å². The number of oxazole rings is 1. The summed E-state index contributed by atoms with van der Waals surface area (Å²) >= 11 is 1.62. The summed E-state index contributed by atoms with van der Waals surface area (Å²) in [6.07, 6.45) is 0.897. The van der Waals surface area contributed by atoms with E-state index in [2.05, 4.69) is 33.3 Å². The lowest BCUT2D eigenvalue weighted by Crippen LogP contribution is -2.15. The van der Waals surface area contributed by atoms with Crippen LogP contribution in [0.2, 0.25) is 0 Å². The monoisotopic (exact) mass is 422 g/mol. The summed E-state index contributed by atoms with van der Waals surface area (Å²) in [6.45, 7) is 2.63. The number of benzene rings is 2. The van der Waals surface area contributed by atoms with E-state index in [0.29, 0.717) is 35.4 Å². The lowest BCUT2D eigenvalue weighted by atomic mass is 10.1. The van der Waals surface area contributed by atoms with E-state index < -0.39 is 0 Å². The van der Waals surface area contributed by atoms with Gasteiger partial charge in [-0.2, -0.15) is 26.7 Å². The van der Waals surface area contributed by atoms with Gasteiger partial charge < -0.3 is 15.5 Å². The summed E-state index contributed by atoms with van der Waals surface area (Å²) in [4.78, 5) is 25.0. The molecule has 2 aromatic carbocycles. The van der Waals surface area contributed by atoms with Crippen molar-refractivity contribution >= 4 is 40.4 Å². The van der Waals surface area contributed by atoms with E-state index in [1.165, 1.54) is 5.56 Å². The third kappa shape index (κ3) is 4.46. The van der Waals surface area contributed by atoms with Crippen LogP contribution in [0.5, 0.6) is 0 Å². The molecule has 2 heterocycles. The van der Waals surface area contributed by atoms with E-state index in [1.807, 2.05) is 36.4 Å². The Morgan fingerprint density at radius 1 is 1.10 bits per heavy atom. The standard InChI is InChI=1S/C21H22N6O2S/c1-2-14-7-3-4-8-15(14)23-20-25-18(24-19(22)26-20)13-30-12-11-27-16-9-5-6-10-17(16)29-21(27)28/h3-10H,2,11-13H2,1H3,(H3,22,23,24,25,26). The largest absolute Gasteiger partial charge is 0.419 e. The summed E-state index contributed by atoms with van der Waals surface area (Å²) in [5.74, 6) is 2.11. The van der Waals surface area contributed by atoms with Gasteiger partial charge in [0.25, 0.3) is 0 Å². The Bertz CT molecular complexity index is 1220. The van der Waals surface area contributed by atoms with Crippen LogP contribution in [0.25, 0.3) is 11.1 Å². The molecular weight excluding hydrogens is 400 g/mol. The number of anilines is 3. The quantitative estimate of drug-likeness (QED) is 0.414. The summed E-state index contributed by atoms with van der Waals surface area (Å²) in [5.41, 5.74) is 9.40. The topological polar surface area (TPSA) is 112 Å². The van der Waals surface area contributed by atoms with Gasteiger partial charge in [0.2, 0.25) is 11.9 Å². The molecule has 0 aliphatic heterocycles. The zero-order chi connectivity index (χ0) is 20.9. The first-order valence-electron chi connectivity index (χ1n) is 9.65. The van der Waals surface area contributed by atoms with Crippen molar-refractivity contribution in [2.45, 2.75) is 25.6 Å². The second-order valence-corrected chi connectivity index (χ2v) is 7.71. The van der Waals surface area contributed by atoms with E-state index in [4.69, 9.17) is 10.2 Å². The second kappa shape index (κ2) is 9.00.